The summed E-state index contributed by atoms with van der Waals surface area (Å²) in [6.07, 6.45) is 2.12. The van der Waals surface area contributed by atoms with E-state index >= 15 is 0 Å². The molecule has 0 spiro atoms. The van der Waals surface area contributed by atoms with E-state index in [4.69, 9.17) is 4.74 Å². The topological polar surface area (TPSA) is 48.6 Å². The van der Waals surface area contributed by atoms with Crippen LogP contribution in [0.1, 0.15) is 24.5 Å². The van der Waals surface area contributed by atoms with Crippen molar-refractivity contribution in [2.24, 2.45) is 0 Å². The number of ether oxygens (including phenoxy) is 1. The first-order valence-corrected chi connectivity index (χ1v) is 10.1. The molecule has 1 aromatic heterocycles. The molecule has 5 nitrogen and oxygen atoms in total. The largest absolute Gasteiger partial charge is 0.379 e. The summed E-state index contributed by atoms with van der Waals surface area (Å²) in [7, 11) is 0. The van der Waals surface area contributed by atoms with E-state index < -0.39 is 0 Å². The van der Waals surface area contributed by atoms with E-state index in [2.05, 4.69) is 46.0 Å². The lowest BCUT2D eigenvalue weighted by atomic mass is 10.0. The third-order valence-corrected chi connectivity index (χ3v) is 5.94. The van der Waals surface area contributed by atoms with Crippen molar-refractivity contribution in [1.29, 1.82) is 0 Å². The molecule has 0 aliphatic carbocycles. The van der Waals surface area contributed by atoms with Gasteiger partial charge in [-0.15, -0.1) is 0 Å². The number of aromatic nitrogens is 1. The normalized spacial score (nSPS) is 21.0. The van der Waals surface area contributed by atoms with Crippen molar-refractivity contribution in [3.05, 3.63) is 51.8 Å². The van der Waals surface area contributed by atoms with Gasteiger partial charge in [-0.1, -0.05) is 19.1 Å². The van der Waals surface area contributed by atoms with Crippen molar-refractivity contribution in [3.8, 4) is 11.3 Å². The van der Waals surface area contributed by atoms with Crippen molar-refractivity contribution in [3.63, 3.8) is 0 Å². The van der Waals surface area contributed by atoms with Crippen LogP contribution in [0.3, 0.4) is 0 Å². The predicted octanol–water partition coefficient (Wildman–Crippen LogP) is 2.82. The Hall–Kier alpha value is -2.11. The van der Waals surface area contributed by atoms with Gasteiger partial charge in [0.2, 0.25) is 0 Å². The minimum absolute atomic E-state index is 0.000766. The molecule has 0 amide bonds. The van der Waals surface area contributed by atoms with Gasteiger partial charge in [-0.05, 0) is 49.1 Å². The SMILES string of the molecule is CCc1cc(C)c(=O)[nH]c1-c1ccc(N2CCC(N3CCOCC3)C2)cc1. The van der Waals surface area contributed by atoms with Gasteiger partial charge < -0.3 is 14.6 Å². The number of pyridine rings is 1. The molecule has 0 radical (unpaired) electrons. The molecule has 1 atom stereocenters. The van der Waals surface area contributed by atoms with E-state index in [1.165, 1.54) is 17.7 Å². The van der Waals surface area contributed by atoms with E-state index in [0.29, 0.717) is 6.04 Å². The molecule has 2 aliphatic heterocycles. The quantitative estimate of drug-likeness (QED) is 0.903. The van der Waals surface area contributed by atoms with Crippen LogP contribution in [0.5, 0.6) is 0 Å². The molecule has 3 heterocycles. The highest BCUT2D eigenvalue weighted by Crippen LogP contribution is 2.27. The van der Waals surface area contributed by atoms with Gasteiger partial charge in [-0.25, -0.2) is 0 Å². The van der Waals surface area contributed by atoms with Crippen molar-refractivity contribution in [2.75, 3.05) is 44.3 Å². The van der Waals surface area contributed by atoms with Crippen LogP contribution in [0, 0.1) is 6.92 Å². The summed E-state index contributed by atoms with van der Waals surface area (Å²) in [5, 5.41) is 0. The number of morpholine rings is 1. The zero-order valence-corrected chi connectivity index (χ0v) is 16.3. The van der Waals surface area contributed by atoms with Gasteiger partial charge in [0.15, 0.2) is 0 Å². The monoisotopic (exact) mass is 367 g/mol. The second-order valence-electron chi connectivity index (χ2n) is 7.62. The smallest absolute Gasteiger partial charge is 0.251 e. The lowest BCUT2D eigenvalue weighted by Gasteiger charge is -2.32. The number of nitrogens with one attached hydrogen (secondary N) is 1. The minimum atomic E-state index is -0.000766. The van der Waals surface area contributed by atoms with Crippen molar-refractivity contribution in [2.45, 2.75) is 32.7 Å². The van der Waals surface area contributed by atoms with E-state index in [-0.39, 0.29) is 5.56 Å². The second kappa shape index (κ2) is 7.87. The molecule has 1 N–H and O–H groups in total. The third-order valence-electron chi connectivity index (χ3n) is 5.94. The molecule has 1 unspecified atom stereocenters. The molecule has 1 aromatic carbocycles. The lowest BCUT2D eigenvalue weighted by Crippen LogP contribution is -2.44. The Labute approximate surface area is 161 Å². The molecule has 4 rings (SSSR count). The highest BCUT2D eigenvalue weighted by Gasteiger charge is 2.28. The number of aromatic amines is 1. The van der Waals surface area contributed by atoms with Crippen LogP contribution < -0.4 is 10.5 Å². The van der Waals surface area contributed by atoms with Crippen LogP contribution in [-0.4, -0.2) is 55.3 Å². The Kier molecular flexibility index (Phi) is 5.32. The van der Waals surface area contributed by atoms with E-state index in [1.54, 1.807) is 0 Å². The van der Waals surface area contributed by atoms with E-state index in [0.717, 1.165) is 62.6 Å². The average Bonchev–Trinajstić information content (AvgIpc) is 3.21. The molecule has 2 fully saturated rings. The van der Waals surface area contributed by atoms with Crippen molar-refractivity contribution in [1.82, 2.24) is 9.88 Å². The maximum Gasteiger partial charge on any atom is 0.251 e. The maximum absolute atomic E-state index is 12.1. The molecule has 2 aliphatic rings. The summed E-state index contributed by atoms with van der Waals surface area (Å²) in [5.74, 6) is 0. The highest BCUT2D eigenvalue weighted by molar-refractivity contribution is 5.66. The number of rotatable bonds is 4. The fourth-order valence-electron chi connectivity index (χ4n) is 4.28. The Morgan fingerprint density at radius 3 is 2.59 bits per heavy atom. The number of anilines is 1. The molecule has 5 heteroatoms. The first-order valence-electron chi connectivity index (χ1n) is 10.1. The van der Waals surface area contributed by atoms with Crippen molar-refractivity contribution >= 4 is 5.69 Å². The van der Waals surface area contributed by atoms with Gasteiger partial charge >= 0.3 is 0 Å². The number of hydrogen-bond acceptors (Lipinski definition) is 4. The molecular formula is C22H29N3O2. The minimum Gasteiger partial charge on any atom is -0.379 e. The number of nitrogens with zero attached hydrogens (tertiary/aromatic N) is 2. The number of hydrogen-bond donors (Lipinski definition) is 1. The Morgan fingerprint density at radius 2 is 1.89 bits per heavy atom. The molecular weight excluding hydrogens is 338 g/mol. The summed E-state index contributed by atoms with van der Waals surface area (Å²) < 4.78 is 5.48. The van der Waals surface area contributed by atoms with Crippen LogP contribution in [-0.2, 0) is 11.2 Å². The van der Waals surface area contributed by atoms with Crippen LogP contribution in [0.4, 0.5) is 5.69 Å². The average molecular weight is 367 g/mol. The van der Waals surface area contributed by atoms with Crippen LogP contribution in [0.25, 0.3) is 11.3 Å². The molecule has 144 valence electrons. The number of H-pyrrole nitrogens is 1. The first kappa shape index (κ1) is 18.3. The number of benzene rings is 1. The molecule has 2 aromatic rings. The zero-order chi connectivity index (χ0) is 18.8. The van der Waals surface area contributed by atoms with Gasteiger partial charge in [0.05, 0.1) is 18.9 Å². The summed E-state index contributed by atoms with van der Waals surface area (Å²) in [5.41, 5.74) is 5.26. The third kappa shape index (κ3) is 3.80. The molecule has 0 bridgehead atoms. The first-order chi connectivity index (χ1) is 13.2. The Bertz CT molecular complexity index is 838. The van der Waals surface area contributed by atoms with Crippen LogP contribution >= 0.6 is 0 Å². The van der Waals surface area contributed by atoms with Crippen molar-refractivity contribution < 1.29 is 4.74 Å². The molecule has 0 saturated carbocycles. The summed E-state index contributed by atoms with van der Waals surface area (Å²) in [6, 6.07) is 11.3. The fourth-order valence-corrected chi connectivity index (χ4v) is 4.28. The van der Waals surface area contributed by atoms with Gasteiger partial charge in [-0.2, -0.15) is 0 Å². The molecule has 2 saturated heterocycles. The van der Waals surface area contributed by atoms with Gasteiger partial charge in [0.25, 0.3) is 5.56 Å². The lowest BCUT2D eigenvalue weighted by molar-refractivity contribution is 0.0209. The second-order valence-corrected chi connectivity index (χ2v) is 7.62. The van der Waals surface area contributed by atoms with E-state index in [9.17, 15) is 4.79 Å². The van der Waals surface area contributed by atoms with Gasteiger partial charge in [-0.3, -0.25) is 9.69 Å². The fraction of sp³-hybridized carbons (Fsp3) is 0.500. The zero-order valence-electron chi connectivity index (χ0n) is 16.3. The van der Waals surface area contributed by atoms with Crippen LogP contribution in [0.2, 0.25) is 0 Å². The maximum atomic E-state index is 12.1. The summed E-state index contributed by atoms with van der Waals surface area (Å²) in [4.78, 5) is 20.2. The van der Waals surface area contributed by atoms with Gasteiger partial charge in [0.1, 0.15) is 0 Å². The highest BCUT2D eigenvalue weighted by atomic mass is 16.5. The van der Waals surface area contributed by atoms with Crippen LogP contribution in [0.15, 0.2) is 35.1 Å². The summed E-state index contributed by atoms with van der Waals surface area (Å²) in [6.45, 7) is 10.0. The number of aryl methyl sites for hydroxylation is 2. The van der Waals surface area contributed by atoms with Gasteiger partial charge in [0, 0.05) is 43.5 Å². The van der Waals surface area contributed by atoms with E-state index in [1.807, 2.05) is 13.0 Å². The Morgan fingerprint density at radius 1 is 1.15 bits per heavy atom. The standard InChI is InChI=1S/C22H29N3O2/c1-3-17-14-16(2)22(26)23-21(17)18-4-6-19(7-5-18)25-9-8-20(15-25)24-10-12-27-13-11-24/h4-7,14,20H,3,8-13,15H2,1-2H3,(H,23,26). The predicted molar refractivity (Wildman–Crippen MR) is 110 cm³/mol. The molecule has 27 heavy (non-hydrogen) atoms. The Balaban J connectivity index is 1.50. The summed E-state index contributed by atoms with van der Waals surface area (Å²) >= 11 is 0.